The third kappa shape index (κ3) is 4.07. The zero-order chi connectivity index (χ0) is 13.6. The lowest BCUT2D eigenvalue weighted by molar-refractivity contribution is 0.604. The molecule has 98 valence electrons. The van der Waals surface area contributed by atoms with Crippen LogP contribution in [0.4, 0.5) is 0 Å². The molecule has 0 N–H and O–H groups in total. The van der Waals surface area contributed by atoms with Crippen LogP contribution in [0.5, 0.6) is 0 Å². The minimum absolute atomic E-state index is 0.339. The number of rotatable bonds is 5. The molecule has 2 aromatic rings. The number of sulfone groups is 1. The van der Waals surface area contributed by atoms with E-state index in [0.29, 0.717) is 4.90 Å². The molecule has 0 saturated carbocycles. The summed E-state index contributed by atoms with van der Waals surface area (Å²) in [5.41, 5.74) is 1.21. The SMILES string of the molecule is O=S(=O)(/C=C/CCc1ccccc1)c1ccccc1. The van der Waals surface area contributed by atoms with E-state index in [1.165, 1.54) is 11.0 Å². The van der Waals surface area contributed by atoms with Gasteiger partial charge in [-0.2, -0.15) is 0 Å². The van der Waals surface area contributed by atoms with Crippen molar-refractivity contribution in [3.05, 3.63) is 77.7 Å². The van der Waals surface area contributed by atoms with Crippen molar-refractivity contribution in [1.29, 1.82) is 0 Å². The maximum absolute atomic E-state index is 12.0. The molecule has 0 aliphatic carbocycles. The van der Waals surface area contributed by atoms with Gasteiger partial charge in [-0.15, -0.1) is 0 Å². The van der Waals surface area contributed by atoms with E-state index in [1.807, 2.05) is 30.3 Å². The van der Waals surface area contributed by atoms with Crippen LogP contribution in [-0.4, -0.2) is 8.42 Å². The monoisotopic (exact) mass is 272 g/mol. The summed E-state index contributed by atoms with van der Waals surface area (Å²) in [6.45, 7) is 0. The van der Waals surface area contributed by atoms with Crippen LogP contribution in [-0.2, 0) is 16.3 Å². The highest BCUT2D eigenvalue weighted by Gasteiger charge is 2.08. The minimum Gasteiger partial charge on any atom is -0.219 e. The summed E-state index contributed by atoms with van der Waals surface area (Å²) >= 11 is 0. The Morgan fingerprint density at radius 3 is 2.05 bits per heavy atom. The van der Waals surface area contributed by atoms with E-state index in [0.717, 1.165) is 12.8 Å². The Bertz CT molecular complexity index is 629. The quantitative estimate of drug-likeness (QED) is 0.833. The van der Waals surface area contributed by atoms with Gasteiger partial charge in [0.05, 0.1) is 4.90 Å². The molecule has 0 fully saturated rings. The molecule has 19 heavy (non-hydrogen) atoms. The topological polar surface area (TPSA) is 34.1 Å². The van der Waals surface area contributed by atoms with Crippen LogP contribution in [0, 0.1) is 0 Å². The van der Waals surface area contributed by atoms with Crippen molar-refractivity contribution >= 4 is 9.84 Å². The van der Waals surface area contributed by atoms with Crippen molar-refractivity contribution in [2.45, 2.75) is 17.7 Å². The van der Waals surface area contributed by atoms with Crippen molar-refractivity contribution in [1.82, 2.24) is 0 Å². The van der Waals surface area contributed by atoms with E-state index in [1.54, 1.807) is 36.4 Å². The highest BCUT2D eigenvalue weighted by Crippen LogP contribution is 2.12. The molecule has 0 atom stereocenters. The van der Waals surface area contributed by atoms with E-state index in [-0.39, 0.29) is 0 Å². The Morgan fingerprint density at radius 1 is 0.842 bits per heavy atom. The molecule has 0 amide bonds. The molecule has 0 aliphatic rings. The van der Waals surface area contributed by atoms with Crippen LogP contribution in [0.2, 0.25) is 0 Å². The Kier molecular flexibility index (Phi) is 4.53. The second-order valence-electron chi connectivity index (χ2n) is 4.25. The second kappa shape index (κ2) is 6.34. The Morgan fingerprint density at radius 2 is 1.42 bits per heavy atom. The number of benzene rings is 2. The molecule has 0 heterocycles. The van der Waals surface area contributed by atoms with Crippen LogP contribution in [0.15, 0.2) is 77.0 Å². The minimum atomic E-state index is -3.30. The maximum atomic E-state index is 12.0. The molecular formula is C16H16O2S. The zero-order valence-corrected chi connectivity index (χ0v) is 11.4. The fourth-order valence-corrected chi connectivity index (χ4v) is 2.86. The van der Waals surface area contributed by atoms with E-state index < -0.39 is 9.84 Å². The highest BCUT2D eigenvalue weighted by molar-refractivity contribution is 7.94. The number of allylic oxidation sites excluding steroid dienone is 1. The summed E-state index contributed by atoms with van der Waals surface area (Å²) in [6, 6.07) is 18.5. The molecule has 2 aromatic carbocycles. The van der Waals surface area contributed by atoms with Crippen molar-refractivity contribution < 1.29 is 8.42 Å². The van der Waals surface area contributed by atoms with Gasteiger partial charge in [0.1, 0.15) is 0 Å². The number of aryl methyl sites for hydroxylation is 1. The third-order valence-corrected chi connectivity index (χ3v) is 4.27. The van der Waals surface area contributed by atoms with Gasteiger partial charge in [-0.25, -0.2) is 8.42 Å². The Balaban J connectivity index is 1.96. The summed E-state index contributed by atoms with van der Waals surface area (Å²) in [7, 11) is -3.30. The van der Waals surface area contributed by atoms with Crippen molar-refractivity contribution in [2.75, 3.05) is 0 Å². The van der Waals surface area contributed by atoms with Crippen LogP contribution in [0.1, 0.15) is 12.0 Å². The number of hydrogen-bond donors (Lipinski definition) is 0. The van der Waals surface area contributed by atoms with Gasteiger partial charge in [-0.05, 0) is 30.5 Å². The van der Waals surface area contributed by atoms with Gasteiger partial charge < -0.3 is 0 Å². The van der Waals surface area contributed by atoms with Crippen molar-refractivity contribution in [2.24, 2.45) is 0 Å². The molecule has 0 aromatic heterocycles. The van der Waals surface area contributed by atoms with Crippen LogP contribution in [0.25, 0.3) is 0 Å². The molecule has 3 heteroatoms. The summed E-state index contributed by atoms with van der Waals surface area (Å²) in [4.78, 5) is 0.339. The first-order valence-electron chi connectivity index (χ1n) is 6.19. The summed E-state index contributed by atoms with van der Waals surface area (Å²) in [5.74, 6) is 0. The van der Waals surface area contributed by atoms with Crippen molar-refractivity contribution in [3.8, 4) is 0 Å². The maximum Gasteiger partial charge on any atom is 0.199 e. The smallest absolute Gasteiger partial charge is 0.199 e. The van der Waals surface area contributed by atoms with E-state index in [2.05, 4.69) is 0 Å². The lowest BCUT2D eigenvalue weighted by Crippen LogP contribution is -1.95. The second-order valence-corrected chi connectivity index (χ2v) is 6.09. The first-order chi connectivity index (χ1) is 9.18. The molecular weight excluding hydrogens is 256 g/mol. The van der Waals surface area contributed by atoms with E-state index >= 15 is 0 Å². The fourth-order valence-electron chi connectivity index (χ4n) is 1.78. The average molecular weight is 272 g/mol. The predicted molar refractivity (Wildman–Crippen MR) is 77.5 cm³/mol. The zero-order valence-electron chi connectivity index (χ0n) is 10.6. The first-order valence-corrected chi connectivity index (χ1v) is 7.74. The Hall–Kier alpha value is -1.87. The molecule has 0 saturated heterocycles. The third-order valence-electron chi connectivity index (χ3n) is 2.79. The summed E-state index contributed by atoms with van der Waals surface area (Å²) in [6.07, 6.45) is 3.28. The van der Waals surface area contributed by atoms with E-state index in [9.17, 15) is 8.42 Å². The largest absolute Gasteiger partial charge is 0.219 e. The first kappa shape index (κ1) is 13.6. The van der Waals surface area contributed by atoms with Crippen LogP contribution < -0.4 is 0 Å². The van der Waals surface area contributed by atoms with Gasteiger partial charge in [0.15, 0.2) is 9.84 Å². The molecule has 2 nitrogen and oxygen atoms in total. The average Bonchev–Trinajstić information content (AvgIpc) is 2.46. The molecule has 0 spiro atoms. The van der Waals surface area contributed by atoms with Gasteiger partial charge in [0.25, 0.3) is 0 Å². The van der Waals surface area contributed by atoms with Gasteiger partial charge in [-0.3, -0.25) is 0 Å². The lowest BCUT2D eigenvalue weighted by atomic mass is 10.1. The van der Waals surface area contributed by atoms with Gasteiger partial charge in [0, 0.05) is 5.41 Å². The number of hydrogen-bond acceptors (Lipinski definition) is 2. The molecule has 0 aliphatic heterocycles. The van der Waals surface area contributed by atoms with Crippen LogP contribution >= 0.6 is 0 Å². The molecule has 2 rings (SSSR count). The summed E-state index contributed by atoms with van der Waals surface area (Å²) < 4.78 is 23.9. The standard InChI is InChI=1S/C16H16O2S/c17-19(18,16-12-5-2-6-13-16)14-8-7-11-15-9-3-1-4-10-15/h1-6,8-10,12-14H,7,11H2/b14-8+. The van der Waals surface area contributed by atoms with Gasteiger partial charge >= 0.3 is 0 Å². The lowest BCUT2D eigenvalue weighted by Gasteiger charge is -1.99. The molecule has 0 bridgehead atoms. The predicted octanol–water partition coefficient (Wildman–Crippen LogP) is 3.61. The van der Waals surface area contributed by atoms with Gasteiger partial charge in [-0.1, -0.05) is 54.6 Å². The molecule has 0 radical (unpaired) electrons. The van der Waals surface area contributed by atoms with Crippen molar-refractivity contribution in [3.63, 3.8) is 0 Å². The Labute approximate surface area is 114 Å². The van der Waals surface area contributed by atoms with Gasteiger partial charge in [0.2, 0.25) is 0 Å². The molecule has 0 unspecified atom stereocenters. The summed E-state index contributed by atoms with van der Waals surface area (Å²) in [5, 5.41) is 1.30. The van der Waals surface area contributed by atoms with E-state index in [4.69, 9.17) is 0 Å². The normalized spacial score (nSPS) is 11.8. The fraction of sp³-hybridized carbons (Fsp3) is 0.125. The highest BCUT2D eigenvalue weighted by atomic mass is 32.2. The van der Waals surface area contributed by atoms with Crippen LogP contribution in [0.3, 0.4) is 0 Å².